The van der Waals surface area contributed by atoms with Gasteiger partial charge in [0.25, 0.3) is 0 Å². The fraction of sp³-hybridized carbons (Fsp3) is 0.323. The zero-order valence-electron chi connectivity index (χ0n) is 23.4. The van der Waals surface area contributed by atoms with Crippen LogP contribution >= 0.6 is 0 Å². The van der Waals surface area contributed by atoms with Gasteiger partial charge < -0.3 is 25.0 Å². The van der Waals surface area contributed by atoms with Crippen LogP contribution in [-0.2, 0) is 33.9 Å². The molecule has 0 bridgehead atoms. The summed E-state index contributed by atoms with van der Waals surface area (Å²) in [5.41, 5.74) is 2.10. The third-order valence-corrected chi connectivity index (χ3v) is 7.52. The van der Waals surface area contributed by atoms with Crippen molar-refractivity contribution >= 4 is 17.8 Å². The molecule has 0 aliphatic carbocycles. The fourth-order valence-corrected chi connectivity index (χ4v) is 5.39. The predicted molar refractivity (Wildman–Crippen MR) is 152 cm³/mol. The van der Waals surface area contributed by atoms with Crippen molar-refractivity contribution in [1.82, 2.24) is 25.1 Å². The van der Waals surface area contributed by atoms with Crippen molar-refractivity contribution in [2.75, 3.05) is 33.3 Å². The molecule has 2 saturated heterocycles. The third kappa shape index (κ3) is 6.53. The first-order valence-corrected chi connectivity index (χ1v) is 13.8. The summed E-state index contributed by atoms with van der Waals surface area (Å²) < 4.78 is 19.7. The number of rotatable bonds is 9. The van der Waals surface area contributed by atoms with E-state index in [0.717, 1.165) is 11.1 Å². The van der Waals surface area contributed by atoms with Crippen LogP contribution in [0.2, 0.25) is 0 Å². The molecule has 2 aliphatic rings. The van der Waals surface area contributed by atoms with E-state index in [4.69, 9.17) is 4.74 Å². The van der Waals surface area contributed by atoms with Gasteiger partial charge in [0.1, 0.15) is 23.8 Å². The quantitative estimate of drug-likeness (QED) is 0.380. The molecule has 0 spiro atoms. The van der Waals surface area contributed by atoms with Crippen molar-refractivity contribution in [3.05, 3.63) is 101 Å². The number of hydrogen-bond donors (Lipinski definition) is 2. The van der Waals surface area contributed by atoms with Crippen LogP contribution in [0.1, 0.15) is 16.7 Å². The molecule has 5 rings (SSSR count). The van der Waals surface area contributed by atoms with E-state index in [1.165, 1.54) is 28.1 Å². The normalized spacial score (nSPS) is 19.1. The molecule has 2 aliphatic heterocycles. The number of halogens is 1. The number of carbonyl (C=O) groups excluding carboxylic acids is 3. The van der Waals surface area contributed by atoms with Crippen molar-refractivity contribution in [3.63, 3.8) is 0 Å². The summed E-state index contributed by atoms with van der Waals surface area (Å²) in [7, 11) is 1.67. The summed E-state index contributed by atoms with van der Waals surface area (Å²) in [6.07, 6.45) is -0.546. The number of benzene rings is 3. The minimum atomic E-state index is -0.870. The minimum Gasteiger partial charge on any atom is -0.508 e. The number of likely N-dealkylation sites (N-methyl/N-ethyl adjacent to an activating group) is 1. The van der Waals surface area contributed by atoms with E-state index in [9.17, 15) is 23.9 Å². The van der Waals surface area contributed by atoms with Gasteiger partial charge in [0.05, 0.1) is 26.3 Å². The number of ether oxygens (including phenoxy) is 1. The van der Waals surface area contributed by atoms with E-state index in [1.54, 1.807) is 47.3 Å². The first kappa shape index (κ1) is 29.0. The number of carbonyl (C=O) groups is 3. The van der Waals surface area contributed by atoms with Gasteiger partial charge in [-0.25, -0.2) is 19.2 Å². The van der Waals surface area contributed by atoms with Crippen LogP contribution in [0.5, 0.6) is 5.75 Å². The molecule has 2 heterocycles. The average Bonchev–Trinajstić information content (AvgIpc) is 2.98. The standard InChI is InChI=1S/C31H34FN5O5/c1-34-20-29(39)36-27(17-22-11-13-25(38)14-12-22)30(40)35(15-16-42-21-24-9-5-6-10-26(24)32)19-28(36)37(34)31(41)33-18-23-7-3-2-4-8-23/h2-14,27-28,38H,15-21H2,1H3,(H,33,41)/t27-,28-/m0/s1. The average molecular weight is 576 g/mol. The molecule has 3 aromatic rings. The molecule has 0 saturated carbocycles. The molecule has 0 radical (unpaired) electrons. The molecular weight excluding hydrogens is 541 g/mol. The number of hydrogen-bond acceptors (Lipinski definition) is 6. The highest BCUT2D eigenvalue weighted by Gasteiger charge is 2.50. The van der Waals surface area contributed by atoms with Crippen LogP contribution in [0, 0.1) is 5.82 Å². The molecule has 2 atom stereocenters. The van der Waals surface area contributed by atoms with Gasteiger partial charge in [0.15, 0.2) is 0 Å². The number of amides is 4. The van der Waals surface area contributed by atoms with E-state index in [-0.39, 0.29) is 62.6 Å². The van der Waals surface area contributed by atoms with Crippen LogP contribution in [0.15, 0.2) is 78.9 Å². The maximum absolute atomic E-state index is 14.0. The smallest absolute Gasteiger partial charge is 0.334 e. The Morgan fingerprint density at radius 2 is 1.71 bits per heavy atom. The van der Waals surface area contributed by atoms with E-state index < -0.39 is 18.2 Å². The highest BCUT2D eigenvalue weighted by Crippen LogP contribution is 2.28. The van der Waals surface area contributed by atoms with Gasteiger partial charge in [-0.3, -0.25) is 9.59 Å². The Morgan fingerprint density at radius 3 is 2.45 bits per heavy atom. The Balaban J connectivity index is 1.36. The number of piperazine rings is 1. The lowest BCUT2D eigenvalue weighted by atomic mass is 9.98. The summed E-state index contributed by atoms with van der Waals surface area (Å²) in [6, 6.07) is 21.1. The first-order chi connectivity index (χ1) is 20.3. The first-order valence-electron chi connectivity index (χ1n) is 13.8. The molecule has 42 heavy (non-hydrogen) atoms. The molecule has 10 nitrogen and oxygen atoms in total. The van der Waals surface area contributed by atoms with Crippen LogP contribution < -0.4 is 5.32 Å². The molecule has 11 heteroatoms. The van der Waals surface area contributed by atoms with Gasteiger partial charge in [-0.2, -0.15) is 0 Å². The number of phenolic OH excluding ortho intramolecular Hbond substituents is 1. The van der Waals surface area contributed by atoms with Crippen molar-refractivity contribution in [2.45, 2.75) is 31.8 Å². The lowest BCUT2D eigenvalue weighted by molar-refractivity contribution is -0.187. The number of phenols is 1. The van der Waals surface area contributed by atoms with Crippen molar-refractivity contribution in [3.8, 4) is 5.75 Å². The Labute approximate surface area is 243 Å². The summed E-state index contributed by atoms with van der Waals surface area (Å²) >= 11 is 0. The second-order valence-corrected chi connectivity index (χ2v) is 10.4. The van der Waals surface area contributed by atoms with Gasteiger partial charge in [-0.15, -0.1) is 0 Å². The highest BCUT2D eigenvalue weighted by atomic mass is 19.1. The van der Waals surface area contributed by atoms with Crippen LogP contribution in [-0.4, -0.2) is 88.3 Å². The second-order valence-electron chi connectivity index (χ2n) is 10.4. The summed E-state index contributed by atoms with van der Waals surface area (Å²) in [4.78, 5) is 43.8. The Morgan fingerprint density at radius 1 is 1.00 bits per heavy atom. The number of fused-ring (bicyclic) bond motifs is 1. The lowest BCUT2D eigenvalue weighted by Crippen LogP contribution is -2.76. The largest absolute Gasteiger partial charge is 0.508 e. The van der Waals surface area contributed by atoms with Crippen LogP contribution in [0.3, 0.4) is 0 Å². The van der Waals surface area contributed by atoms with Crippen LogP contribution in [0.25, 0.3) is 0 Å². The molecule has 2 fully saturated rings. The number of nitrogens with zero attached hydrogens (tertiary/aromatic N) is 4. The molecular formula is C31H34FN5O5. The lowest BCUT2D eigenvalue weighted by Gasteiger charge is -2.54. The predicted octanol–water partition coefficient (Wildman–Crippen LogP) is 2.73. The monoisotopic (exact) mass is 575 g/mol. The molecule has 2 N–H and O–H groups in total. The Kier molecular flexibility index (Phi) is 8.99. The topological polar surface area (TPSA) is 106 Å². The zero-order valence-corrected chi connectivity index (χ0v) is 23.4. The Bertz CT molecular complexity index is 1410. The Hall–Kier alpha value is -4.48. The second kappa shape index (κ2) is 13.0. The molecule has 0 unspecified atom stereocenters. The number of aromatic hydroxyl groups is 1. The van der Waals surface area contributed by atoms with Crippen LogP contribution in [0.4, 0.5) is 9.18 Å². The van der Waals surface area contributed by atoms with Gasteiger partial charge in [-0.05, 0) is 29.3 Å². The number of nitrogens with one attached hydrogen (secondary N) is 1. The molecule has 4 amide bonds. The highest BCUT2D eigenvalue weighted by molar-refractivity contribution is 5.91. The van der Waals surface area contributed by atoms with Crippen molar-refractivity contribution < 1.29 is 28.6 Å². The van der Waals surface area contributed by atoms with Gasteiger partial charge in [0, 0.05) is 32.1 Å². The molecule has 3 aromatic carbocycles. The summed E-state index contributed by atoms with van der Waals surface area (Å²) in [5, 5.41) is 15.7. The molecule has 220 valence electrons. The van der Waals surface area contributed by atoms with Gasteiger partial charge in [-0.1, -0.05) is 60.7 Å². The summed E-state index contributed by atoms with van der Waals surface area (Å²) in [6.45, 7) is 0.706. The zero-order chi connectivity index (χ0) is 29.6. The van der Waals surface area contributed by atoms with E-state index >= 15 is 0 Å². The maximum atomic E-state index is 14.0. The van der Waals surface area contributed by atoms with Crippen molar-refractivity contribution in [1.29, 1.82) is 0 Å². The van der Waals surface area contributed by atoms with E-state index in [1.807, 2.05) is 30.3 Å². The summed E-state index contributed by atoms with van der Waals surface area (Å²) in [5.74, 6) is -0.798. The molecule has 0 aromatic heterocycles. The number of hydrazine groups is 1. The van der Waals surface area contributed by atoms with E-state index in [0.29, 0.717) is 12.1 Å². The van der Waals surface area contributed by atoms with Gasteiger partial charge >= 0.3 is 6.03 Å². The van der Waals surface area contributed by atoms with E-state index in [2.05, 4.69) is 5.32 Å². The van der Waals surface area contributed by atoms with Crippen molar-refractivity contribution in [2.24, 2.45) is 0 Å². The minimum absolute atomic E-state index is 0.0520. The number of urea groups is 1. The third-order valence-electron chi connectivity index (χ3n) is 7.52. The van der Waals surface area contributed by atoms with Gasteiger partial charge in [0.2, 0.25) is 11.8 Å². The SMILES string of the molecule is CN1CC(=O)N2[C@@H](Cc3ccc(O)cc3)C(=O)N(CCOCc3ccccc3F)C[C@@H]2N1C(=O)NCc1ccccc1. The fourth-order valence-electron chi connectivity index (χ4n) is 5.39. The maximum Gasteiger partial charge on any atom is 0.334 e.